The number of carbonyl (C=O) groups excluding carboxylic acids is 2. The van der Waals surface area contributed by atoms with E-state index in [1.807, 2.05) is 20.8 Å². The molecule has 0 aromatic carbocycles. The van der Waals surface area contributed by atoms with Crippen LogP contribution in [0.5, 0.6) is 0 Å². The van der Waals surface area contributed by atoms with E-state index in [4.69, 9.17) is 14.2 Å². The molecule has 0 bridgehead atoms. The Morgan fingerprint density at radius 1 is 0.789 bits per heavy atom. The van der Waals surface area contributed by atoms with Gasteiger partial charge in [0.25, 0.3) is 0 Å². The summed E-state index contributed by atoms with van der Waals surface area (Å²) in [6, 6.07) is 0. The fraction of sp³-hybridized carbons (Fsp3) is 0.857. The topological polar surface area (TPSA) is 61.8 Å². The van der Waals surface area contributed by atoms with Gasteiger partial charge in [-0.1, -0.05) is 0 Å². The first-order valence-corrected chi connectivity index (χ1v) is 6.43. The maximum Gasteiger partial charge on any atom is 0.347 e. The van der Waals surface area contributed by atoms with Crippen molar-refractivity contribution in [2.24, 2.45) is 0 Å². The highest BCUT2D eigenvalue weighted by molar-refractivity contribution is 5.81. The SMILES string of the molecule is C[C@H](OC(=O)[C@H](C)OC(C)(C)C)C(=O)OC(C)(C)C. The lowest BCUT2D eigenvalue weighted by molar-refractivity contribution is -0.183. The van der Waals surface area contributed by atoms with Crippen molar-refractivity contribution in [3.8, 4) is 0 Å². The lowest BCUT2D eigenvalue weighted by Gasteiger charge is -2.26. The summed E-state index contributed by atoms with van der Waals surface area (Å²) in [5.41, 5.74) is -1.06. The lowest BCUT2D eigenvalue weighted by Crippen LogP contribution is -2.37. The highest BCUT2D eigenvalue weighted by Gasteiger charge is 2.28. The number of carbonyl (C=O) groups is 2. The maximum absolute atomic E-state index is 11.7. The largest absolute Gasteiger partial charge is 0.457 e. The highest BCUT2D eigenvalue weighted by Crippen LogP contribution is 2.13. The van der Waals surface area contributed by atoms with E-state index in [0.717, 1.165) is 0 Å². The fourth-order valence-corrected chi connectivity index (χ4v) is 1.28. The summed E-state index contributed by atoms with van der Waals surface area (Å²) < 4.78 is 15.6. The molecule has 0 aliphatic carbocycles. The molecule has 0 saturated carbocycles. The van der Waals surface area contributed by atoms with Crippen molar-refractivity contribution in [3.63, 3.8) is 0 Å². The normalized spacial score (nSPS) is 15.6. The zero-order valence-electron chi connectivity index (χ0n) is 13.2. The molecule has 0 rings (SSSR count). The van der Waals surface area contributed by atoms with Gasteiger partial charge in [-0.15, -0.1) is 0 Å². The van der Waals surface area contributed by atoms with Crippen LogP contribution in [0, 0.1) is 0 Å². The molecular formula is C14H26O5. The molecule has 0 spiro atoms. The third kappa shape index (κ3) is 8.59. The quantitative estimate of drug-likeness (QED) is 0.737. The van der Waals surface area contributed by atoms with Gasteiger partial charge in [0, 0.05) is 0 Å². The van der Waals surface area contributed by atoms with Crippen molar-refractivity contribution in [1.82, 2.24) is 0 Å². The van der Waals surface area contributed by atoms with Gasteiger partial charge < -0.3 is 14.2 Å². The van der Waals surface area contributed by atoms with Gasteiger partial charge in [-0.05, 0) is 55.4 Å². The van der Waals surface area contributed by atoms with Crippen molar-refractivity contribution in [1.29, 1.82) is 0 Å². The van der Waals surface area contributed by atoms with E-state index in [2.05, 4.69) is 0 Å². The smallest absolute Gasteiger partial charge is 0.347 e. The summed E-state index contributed by atoms with van der Waals surface area (Å²) in [4.78, 5) is 23.4. The monoisotopic (exact) mass is 274 g/mol. The molecular weight excluding hydrogens is 248 g/mol. The van der Waals surface area contributed by atoms with E-state index >= 15 is 0 Å². The molecule has 0 heterocycles. The standard InChI is InChI=1S/C14H26O5/c1-9(12(16)19-14(6,7)8)17-11(15)10(2)18-13(3,4)5/h9-10H,1-8H3/t9-,10-/m0/s1. The molecule has 0 aliphatic heterocycles. The van der Waals surface area contributed by atoms with Crippen molar-refractivity contribution in [2.75, 3.05) is 0 Å². The molecule has 0 aromatic heterocycles. The molecule has 5 nitrogen and oxygen atoms in total. The Balaban J connectivity index is 4.37. The van der Waals surface area contributed by atoms with Crippen LogP contribution in [-0.4, -0.2) is 35.3 Å². The second-order valence-electron chi connectivity index (χ2n) is 6.49. The van der Waals surface area contributed by atoms with Gasteiger partial charge in [-0.2, -0.15) is 0 Å². The number of hydrogen-bond donors (Lipinski definition) is 0. The molecule has 0 saturated heterocycles. The molecule has 0 fully saturated rings. The van der Waals surface area contributed by atoms with E-state index in [1.165, 1.54) is 6.92 Å². The number of ether oxygens (including phenoxy) is 3. The van der Waals surface area contributed by atoms with Gasteiger partial charge in [0.05, 0.1) is 5.60 Å². The Morgan fingerprint density at radius 2 is 1.26 bits per heavy atom. The first-order valence-electron chi connectivity index (χ1n) is 6.43. The van der Waals surface area contributed by atoms with Crippen LogP contribution in [0.3, 0.4) is 0 Å². The molecule has 0 unspecified atom stereocenters. The first-order chi connectivity index (χ1) is 8.32. The second-order valence-corrected chi connectivity index (χ2v) is 6.49. The van der Waals surface area contributed by atoms with Gasteiger partial charge >= 0.3 is 11.9 Å². The number of esters is 2. The molecule has 0 aliphatic rings. The predicted octanol–water partition coefficient (Wildman–Crippen LogP) is 2.46. The Morgan fingerprint density at radius 3 is 1.63 bits per heavy atom. The zero-order valence-corrected chi connectivity index (χ0v) is 13.2. The van der Waals surface area contributed by atoms with Gasteiger partial charge in [0.1, 0.15) is 5.60 Å². The third-order valence-corrected chi connectivity index (χ3v) is 1.89. The van der Waals surface area contributed by atoms with Crippen LogP contribution in [0.25, 0.3) is 0 Å². The van der Waals surface area contributed by atoms with Crippen LogP contribution in [0.1, 0.15) is 55.4 Å². The average Bonchev–Trinajstić information content (AvgIpc) is 2.11. The minimum absolute atomic E-state index is 0.451. The van der Waals surface area contributed by atoms with Gasteiger partial charge in [-0.25, -0.2) is 9.59 Å². The Labute approximate surface area is 115 Å². The van der Waals surface area contributed by atoms with Crippen molar-refractivity contribution in [2.45, 2.75) is 78.8 Å². The van der Waals surface area contributed by atoms with Gasteiger partial charge in [0.2, 0.25) is 0 Å². The zero-order chi connectivity index (χ0) is 15.4. The second kappa shape index (κ2) is 6.37. The molecule has 2 atom stereocenters. The molecule has 5 heteroatoms. The van der Waals surface area contributed by atoms with Crippen molar-refractivity contribution >= 4 is 11.9 Å². The van der Waals surface area contributed by atoms with E-state index < -0.39 is 35.3 Å². The highest BCUT2D eigenvalue weighted by atomic mass is 16.6. The summed E-state index contributed by atoms with van der Waals surface area (Å²) in [6.07, 6.45) is -1.68. The van der Waals surface area contributed by atoms with Crippen LogP contribution in [-0.2, 0) is 23.8 Å². The van der Waals surface area contributed by atoms with Gasteiger partial charge in [-0.3, -0.25) is 0 Å². The minimum atomic E-state index is -0.947. The molecule has 112 valence electrons. The van der Waals surface area contributed by atoms with Crippen molar-refractivity contribution in [3.05, 3.63) is 0 Å². The number of hydrogen-bond acceptors (Lipinski definition) is 5. The van der Waals surface area contributed by atoms with E-state index in [0.29, 0.717) is 0 Å². The van der Waals surface area contributed by atoms with E-state index in [1.54, 1.807) is 27.7 Å². The maximum atomic E-state index is 11.7. The molecule has 0 radical (unpaired) electrons. The summed E-state index contributed by atoms with van der Waals surface area (Å²) in [7, 11) is 0. The molecule has 0 aromatic rings. The summed E-state index contributed by atoms with van der Waals surface area (Å²) in [5.74, 6) is -1.14. The average molecular weight is 274 g/mol. The summed E-state index contributed by atoms with van der Waals surface area (Å²) in [5, 5.41) is 0. The summed E-state index contributed by atoms with van der Waals surface area (Å²) >= 11 is 0. The van der Waals surface area contributed by atoms with Crippen LogP contribution in [0.2, 0.25) is 0 Å². The van der Waals surface area contributed by atoms with Crippen LogP contribution in [0.15, 0.2) is 0 Å². The Hall–Kier alpha value is -1.10. The Kier molecular flexibility index (Phi) is 6.00. The molecule has 19 heavy (non-hydrogen) atoms. The first kappa shape index (κ1) is 17.9. The molecule has 0 amide bonds. The predicted molar refractivity (Wildman–Crippen MR) is 71.7 cm³/mol. The van der Waals surface area contributed by atoms with Gasteiger partial charge in [0.15, 0.2) is 12.2 Å². The van der Waals surface area contributed by atoms with E-state index in [-0.39, 0.29) is 0 Å². The molecule has 0 N–H and O–H groups in total. The number of rotatable bonds is 4. The van der Waals surface area contributed by atoms with Crippen LogP contribution in [0.4, 0.5) is 0 Å². The lowest BCUT2D eigenvalue weighted by atomic mass is 10.2. The van der Waals surface area contributed by atoms with E-state index in [9.17, 15) is 9.59 Å². The van der Waals surface area contributed by atoms with Crippen LogP contribution < -0.4 is 0 Å². The summed E-state index contributed by atoms with van der Waals surface area (Å²) in [6.45, 7) is 13.9. The Bertz CT molecular complexity index is 322. The fourth-order valence-electron chi connectivity index (χ4n) is 1.28. The van der Waals surface area contributed by atoms with Crippen LogP contribution >= 0.6 is 0 Å². The minimum Gasteiger partial charge on any atom is -0.457 e. The van der Waals surface area contributed by atoms with Crippen molar-refractivity contribution < 1.29 is 23.8 Å². The third-order valence-electron chi connectivity index (χ3n) is 1.89.